The van der Waals surface area contributed by atoms with Gasteiger partial charge in [-0.05, 0) is 18.8 Å². The molecule has 0 radical (unpaired) electrons. The lowest BCUT2D eigenvalue weighted by Gasteiger charge is -2.08. The zero-order valence-corrected chi connectivity index (χ0v) is 10.4. The molecule has 0 bridgehead atoms. The lowest BCUT2D eigenvalue weighted by molar-refractivity contribution is -0.121. The summed E-state index contributed by atoms with van der Waals surface area (Å²) in [6.45, 7) is 7.37. The van der Waals surface area contributed by atoms with Crippen LogP contribution in [0.15, 0.2) is 0 Å². The summed E-state index contributed by atoms with van der Waals surface area (Å²) in [6, 6.07) is 0.474. The van der Waals surface area contributed by atoms with Gasteiger partial charge in [-0.2, -0.15) is 0 Å². The minimum atomic E-state index is 0.165. The van der Waals surface area contributed by atoms with Gasteiger partial charge in [-0.3, -0.25) is 4.79 Å². The van der Waals surface area contributed by atoms with Gasteiger partial charge in [0.25, 0.3) is 0 Å². The molecule has 4 heteroatoms. The topological polar surface area (TPSA) is 50.4 Å². The van der Waals surface area contributed by atoms with Crippen molar-refractivity contribution in [3.63, 3.8) is 0 Å². The molecule has 0 atom stereocenters. The highest BCUT2D eigenvalue weighted by Gasteiger charge is 2.22. The molecule has 0 aromatic carbocycles. The fourth-order valence-corrected chi connectivity index (χ4v) is 1.32. The van der Waals surface area contributed by atoms with E-state index in [-0.39, 0.29) is 5.91 Å². The van der Waals surface area contributed by atoms with Crippen LogP contribution in [0.3, 0.4) is 0 Å². The Hall–Kier alpha value is -0.610. The van der Waals surface area contributed by atoms with Gasteiger partial charge >= 0.3 is 0 Å². The van der Waals surface area contributed by atoms with Crippen molar-refractivity contribution in [1.29, 1.82) is 0 Å². The monoisotopic (exact) mass is 228 g/mol. The maximum Gasteiger partial charge on any atom is 0.221 e. The normalized spacial score (nSPS) is 15.4. The molecular weight excluding hydrogens is 204 g/mol. The Labute approximate surface area is 98.1 Å². The molecule has 94 valence electrons. The van der Waals surface area contributed by atoms with E-state index in [2.05, 4.69) is 24.5 Å². The van der Waals surface area contributed by atoms with E-state index in [1.807, 2.05) is 0 Å². The third-order valence-electron chi connectivity index (χ3n) is 2.35. The smallest absolute Gasteiger partial charge is 0.221 e. The fourth-order valence-electron chi connectivity index (χ4n) is 1.32. The number of nitrogens with one attached hydrogen (secondary N) is 2. The minimum Gasteiger partial charge on any atom is -0.380 e. The molecule has 1 amide bonds. The Morgan fingerprint density at radius 3 is 2.75 bits per heavy atom. The van der Waals surface area contributed by atoms with Crippen LogP contribution in [0.2, 0.25) is 0 Å². The number of hydrogen-bond acceptors (Lipinski definition) is 3. The van der Waals surface area contributed by atoms with Crippen LogP contribution in [0.25, 0.3) is 0 Å². The molecule has 1 saturated carbocycles. The van der Waals surface area contributed by atoms with E-state index in [4.69, 9.17) is 4.74 Å². The molecule has 0 heterocycles. The highest BCUT2D eigenvalue weighted by molar-refractivity contribution is 5.76. The summed E-state index contributed by atoms with van der Waals surface area (Å²) in [4.78, 5) is 11.3. The lowest BCUT2D eigenvalue weighted by Crippen LogP contribution is -2.30. The van der Waals surface area contributed by atoms with Crippen molar-refractivity contribution in [2.75, 3.05) is 26.3 Å². The van der Waals surface area contributed by atoms with Gasteiger partial charge in [-0.1, -0.05) is 13.8 Å². The molecule has 0 spiro atoms. The molecule has 16 heavy (non-hydrogen) atoms. The van der Waals surface area contributed by atoms with E-state index in [9.17, 15) is 4.79 Å². The SMILES string of the molecule is CC(C)COCCNCCC(=O)NC1CC1. The Bertz CT molecular complexity index is 203. The molecule has 0 aromatic heterocycles. The van der Waals surface area contributed by atoms with Gasteiger partial charge in [-0.25, -0.2) is 0 Å². The fraction of sp³-hybridized carbons (Fsp3) is 0.917. The number of hydrogen-bond donors (Lipinski definition) is 2. The minimum absolute atomic E-state index is 0.165. The second kappa shape index (κ2) is 7.63. The molecule has 0 saturated heterocycles. The standard InChI is InChI=1S/C12H24N2O2/c1-10(2)9-16-8-7-13-6-5-12(15)14-11-3-4-11/h10-11,13H,3-9H2,1-2H3,(H,14,15). The number of carbonyl (C=O) groups is 1. The highest BCUT2D eigenvalue weighted by Crippen LogP contribution is 2.18. The third-order valence-corrected chi connectivity index (χ3v) is 2.35. The van der Waals surface area contributed by atoms with Crippen molar-refractivity contribution in [2.24, 2.45) is 5.92 Å². The Morgan fingerprint density at radius 2 is 2.12 bits per heavy atom. The van der Waals surface area contributed by atoms with Crippen molar-refractivity contribution in [3.05, 3.63) is 0 Å². The average Bonchev–Trinajstić information content (AvgIpc) is 2.99. The second-order valence-corrected chi connectivity index (χ2v) is 4.81. The highest BCUT2D eigenvalue weighted by atomic mass is 16.5. The van der Waals surface area contributed by atoms with Crippen LogP contribution in [-0.4, -0.2) is 38.3 Å². The predicted molar refractivity (Wildman–Crippen MR) is 64.3 cm³/mol. The summed E-state index contributed by atoms with van der Waals surface area (Å²) in [5.74, 6) is 0.752. The van der Waals surface area contributed by atoms with E-state index in [0.29, 0.717) is 18.4 Å². The van der Waals surface area contributed by atoms with Crippen LogP contribution in [0.4, 0.5) is 0 Å². The summed E-state index contributed by atoms with van der Waals surface area (Å²) < 4.78 is 5.41. The summed E-state index contributed by atoms with van der Waals surface area (Å²) in [6.07, 6.45) is 2.88. The first kappa shape index (κ1) is 13.5. The van der Waals surface area contributed by atoms with E-state index in [1.54, 1.807) is 0 Å². The largest absolute Gasteiger partial charge is 0.380 e. The summed E-state index contributed by atoms with van der Waals surface area (Å²) in [7, 11) is 0. The zero-order valence-electron chi connectivity index (χ0n) is 10.4. The number of amides is 1. The van der Waals surface area contributed by atoms with Crippen LogP contribution in [0.1, 0.15) is 33.1 Å². The predicted octanol–water partition coefficient (Wildman–Crippen LogP) is 0.917. The molecular formula is C12H24N2O2. The molecule has 4 nitrogen and oxygen atoms in total. The Morgan fingerprint density at radius 1 is 1.38 bits per heavy atom. The van der Waals surface area contributed by atoms with Gasteiger partial charge in [0, 0.05) is 32.2 Å². The molecule has 0 aliphatic heterocycles. The first-order chi connectivity index (χ1) is 7.68. The summed E-state index contributed by atoms with van der Waals surface area (Å²) in [5, 5.41) is 6.16. The van der Waals surface area contributed by atoms with Crippen molar-refractivity contribution in [2.45, 2.75) is 39.2 Å². The van der Waals surface area contributed by atoms with Crippen LogP contribution in [0.5, 0.6) is 0 Å². The number of carbonyl (C=O) groups excluding carboxylic acids is 1. The first-order valence-electron chi connectivity index (χ1n) is 6.26. The Kier molecular flexibility index (Phi) is 6.42. The van der Waals surface area contributed by atoms with E-state index >= 15 is 0 Å². The summed E-state index contributed by atoms with van der Waals surface area (Å²) in [5.41, 5.74) is 0. The van der Waals surface area contributed by atoms with Crippen molar-refractivity contribution in [1.82, 2.24) is 10.6 Å². The van der Waals surface area contributed by atoms with Crippen molar-refractivity contribution in [3.8, 4) is 0 Å². The van der Waals surface area contributed by atoms with E-state index in [0.717, 1.165) is 39.1 Å². The summed E-state index contributed by atoms with van der Waals surface area (Å²) >= 11 is 0. The third kappa shape index (κ3) is 7.65. The molecule has 0 unspecified atom stereocenters. The number of ether oxygens (including phenoxy) is 1. The van der Waals surface area contributed by atoms with E-state index < -0.39 is 0 Å². The first-order valence-corrected chi connectivity index (χ1v) is 6.26. The molecule has 2 N–H and O–H groups in total. The van der Waals surface area contributed by atoms with Crippen LogP contribution in [0, 0.1) is 5.92 Å². The number of rotatable bonds is 9. The molecule has 1 rings (SSSR count). The van der Waals surface area contributed by atoms with Crippen molar-refractivity contribution < 1.29 is 9.53 Å². The molecule has 1 aliphatic carbocycles. The van der Waals surface area contributed by atoms with Gasteiger partial charge in [0.1, 0.15) is 0 Å². The molecule has 0 aromatic rings. The van der Waals surface area contributed by atoms with Crippen LogP contribution < -0.4 is 10.6 Å². The molecule has 1 aliphatic rings. The average molecular weight is 228 g/mol. The maximum absolute atomic E-state index is 11.3. The van der Waals surface area contributed by atoms with Crippen molar-refractivity contribution >= 4 is 5.91 Å². The van der Waals surface area contributed by atoms with Crippen LogP contribution in [-0.2, 0) is 9.53 Å². The maximum atomic E-state index is 11.3. The Balaban J connectivity index is 1.78. The van der Waals surface area contributed by atoms with Gasteiger partial charge in [0.05, 0.1) is 6.61 Å². The molecule has 1 fully saturated rings. The van der Waals surface area contributed by atoms with Crippen LogP contribution >= 0.6 is 0 Å². The van der Waals surface area contributed by atoms with Gasteiger partial charge in [0.15, 0.2) is 0 Å². The van der Waals surface area contributed by atoms with Gasteiger partial charge in [0.2, 0.25) is 5.91 Å². The zero-order chi connectivity index (χ0) is 11.8. The second-order valence-electron chi connectivity index (χ2n) is 4.81. The quantitative estimate of drug-likeness (QED) is 0.577. The van der Waals surface area contributed by atoms with Gasteiger partial charge in [-0.15, -0.1) is 0 Å². The van der Waals surface area contributed by atoms with E-state index in [1.165, 1.54) is 0 Å². The lowest BCUT2D eigenvalue weighted by atomic mass is 10.2. The van der Waals surface area contributed by atoms with Gasteiger partial charge < -0.3 is 15.4 Å².